The summed E-state index contributed by atoms with van der Waals surface area (Å²) in [6, 6.07) is 0. The Morgan fingerprint density at radius 3 is 1.78 bits per heavy atom. The van der Waals surface area contributed by atoms with E-state index in [9.17, 15) is 0 Å². The summed E-state index contributed by atoms with van der Waals surface area (Å²) in [6.07, 6.45) is 0. The molecule has 1 nitrogen and oxygen atoms in total. The van der Waals surface area contributed by atoms with Crippen molar-refractivity contribution >= 4 is 0 Å². The summed E-state index contributed by atoms with van der Waals surface area (Å²) < 4.78 is 0. The second-order valence-electron chi connectivity index (χ2n) is 3.40. The van der Waals surface area contributed by atoms with Gasteiger partial charge in [-0.15, -0.1) is 0 Å². The predicted molar refractivity (Wildman–Crippen MR) is 42.2 cm³/mol. The van der Waals surface area contributed by atoms with Gasteiger partial charge in [0.1, 0.15) is 0 Å². The fourth-order valence-electron chi connectivity index (χ4n) is 0.744. The lowest BCUT2D eigenvalue weighted by Crippen LogP contribution is -2.35. The quantitative estimate of drug-likeness (QED) is 0.564. The summed E-state index contributed by atoms with van der Waals surface area (Å²) >= 11 is 0. The van der Waals surface area contributed by atoms with Crippen LogP contribution in [-0.4, -0.2) is 5.54 Å². The van der Waals surface area contributed by atoms with Crippen LogP contribution in [0.25, 0.3) is 0 Å². The van der Waals surface area contributed by atoms with Gasteiger partial charge in [-0.25, -0.2) is 0 Å². The maximum Gasteiger partial charge on any atom is 0.0311 e. The average molecular weight is 127 g/mol. The molecule has 0 aliphatic heterocycles. The third-order valence-corrected chi connectivity index (χ3v) is 1.52. The van der Waals surface area contributed by atoms with Crippen molar-refractivity contribution in [2.75, 3.05) is 0 Å². The minimum Gasteiger partial charge on any atom is -0.322 e. The molecular weight excluding hydrogens is 110 g/mol. The van der Waals surface area contributed by atoms with Crippen molar-refractivity contribution in [2.24, 2.45) is 11.7 Å². The molecule has 0 saturated heterocycles. The molecule has 0 saturated carbocycles. The summed E-state index contributed by atoms with van der Waals surface area (Å²) in [4.78, 5) is 0. The number of nitrogens with two attached hydrogens (primary N) is 1. The molecule has 0 aromatic rings. The first kappa shape index (κ1) is 8.70. The lowest BCUT2D eigenvalue weighted by Gasteiger charge is -2.24. The Morgan fingerprint density at radius 1 is 1.44 bits per heavy atom. The van der Waals surface area contributed by atoms with Gasteiger partial charge in [0.2, 0.25) is 0 Å². The van der Waals surface area contributed by atoms with E-state index in [1.807, 2.05) is 13.8 Å². The molecule has 0 spiro atoms. The SMILES string of the molecule is C=C(C(C)C)C(C)(C)N. The fourth-order valence-corrected chi connectivity index (χ4v) is 0.744. The van der Waals surface area contributed by atoms with E-state index in [0.29, 0.717) is 5.92 Å². The molecule has 0 atom stereocenters. The fraction of sp³-hybridized carbons (Fsp3) is 0.750. The second kappa shape index (κ2) is 2.53. The summed E-state index contributed by atoms with van der Waals surface area (Å²) in [7, 11) is 0. The van der Waals surface area contributed by atoms with E-state index in [0.717, 1.165) is 5.57 Å². The van der Waals surface area contributed by atoms with Gasteiger partial charge in [-0.1, -0.05) is 26.0 Å². The van der Waals surface area contributed by atoms with Crippen LogP contribution in [0.3, 0.4) is 0 Å². The molecule has 0 aliphatic carbocycles. The normalized spacial score (nSPS) is 12.2. The van der Waals surface area contributed by atoms with E-state index in [2.05, 4.69) is 20.4 Å². The minimum atomic E-state index is -0.214. The van der Waals surface area contributed by atoms with Gasteiger partial charge in [0.15, 0.2) is 0 Å². The lowest BCUT2D eigenvalue weighted by atomic mass is 9.88. The van der Waals surface area contributed by atoms with E-state index in [1.165, 1.54) is 0 Å². The van der Waals surface area contributed by atoms with E-state index >= 15 is 0 Å². The van der Waals surface area contributed by atoms with Gasteiger partial charge in [0.05, 0.1) is 0 Å². The minimum absolute atomic E-state index is 0.214. The van der Waals surface area contributed by atoms with Gasteiger partial charge in [-0.05, 0) is 19.8 Å². The predicted octanol–water partition coefficient (Wildman–Crippen LogP) is 1.94. The van der Waals surface area contributed by atoms with Crippen LogP contribution in [0.5, 0.6) is 0 Å². The molecule has 0 aromatic carbocycles. The summed E-state index contributed by atoms with van der Waals surface area (Å²) in [5.41, 5.74) is 6.68. The lowest BCUT2D eigenvalue weighted by molar-refractivity contribution is 0.538. The summed E-state index contributed by atoms with van der Waals surface area (Å²) in [5.74, 6) is 0.491. The molecule has 0 amide bonds. The highest BCUT2D eigenvalue weighted by atomic mass is 14.7. The number of rotatable bonds is 2. The molecule has 2 N–H and O–H groups in total. The number of hydrogen-bond acceptors (Lipinski definition) is 1. The highest BCUT2D eigenvalue weighted by molar-refractivity contribution is 5.13. The molecule has 1 heteroatoms. The molecule has 0 radical (unpaired) electrons. The summed E-state index contributed by atoms with van der Waals surface area (Å²) in [5, 5.41) is 0. The summed E-state index contributed by atoms with van der Waals surface area (Å²) in [6.45, 7) is 12.1. The first-order valence-corrected chi connectivity index (χ1v) is 3.34. The van der Waals surface area contributed by atoms with Crippen LogP contribution >= 0.6 is 0 Å². The Kier molecular flexibility index (Phi) is 2.44. The topological polar surface area (TPSA) is 26.0 Å². The van der Waals surface area contributed by atoms with Crippen molar-refractivity contribution in [3.8, 4) is 0 Å². The van der Waals surface area contributed by atoms with E-state index in [4.69, 9.17) is 5.73 Å². The zero-order valence-electron chi connectivity index (χ0n) is 6.86. The Balaban J connectivity index is 4.06. The van der Waals surface area contributed by atoms with Gasteiger partial charge < -0.3 is 5.73 Å². The van der Waals surface area contributed by atoms with Crippen molar-refractivity contribution in [2.45, 2.75) is 33.2 Å². The molecule has 0 unspecified atom stereocenters. The highest BCUT2D eigenvalue weighted by Crippen LogP contribution is 2.18. The van der Waals surface area contributed by atoms with Crippen LogP contribution in [0.2, 0.25) is 0 Å². The molecule has 9 heavy (non-hydrogen) atoms. The Bertz CT molecular complexity index is 106. The second-order valence-corrected chi connectivity index (χ2v) is 3.40. The molecule has 0 bridgehead atoms. The van der Waals surface area contributed by atoms with Crippen molar-refractivity contribution in [3.05, 3.63) is 12.2 Å². The van der Waals surface area contributed by atoms with Crippen LogP contribution in [-0.2, 0) is 0 Å². The Morgan fingerprint density at radius 2 is 1.78 bits per heavy atom. The molecular formula is C8H17N. The Labute approximate surface area is 57.9 Å². The largest absolute Gasteiger partial charge is 0.322 e. The maximum atomic E-state index is 5.78. The van der Waals surface area contributed by atoms with Gasteiger partial charge >= 0.3 is 0 Å². The molecule has 0 fully saturated rings. The molecule has 0 aromatic heterocycles. The first-order valence-electron chi connectivity index (χ1n) is 3.34. The highest BCUT2D eigenvalue weighted by Gasteiger charge is 2.17. The van der Waals surface area contributed by atoms with E-state index in [1.54, 1.807) is 0 Å². The zero-order chi connectivity index (χ0) is 7.65. The zero-order valence-corrected chi connectivity index (χ0v) is 6.86. The van der Waals surface area contributed by atoms with Crippen LogP contribution in [0.15, 0.2) is 12.2 Å². The van der Waals surface area contributed by atoms with Gasteiger partial charge in [-0.2, -0.15) is 0 Å². The van der Waals surface area contributed by atoms with Crippen LogP contribution in [0.4, 0.5) is 0 Å². The molecule has 54 valence electrons. The van der Waals surface area contributed by atoms with Crippen LogP contribution < -0.4 is 5.73 Å². The third kappa shape index (κ3) is 2.66. The molecule has 0 heterocycles. The third-order valence-electron chi connectivity index (χ3n) is 1.52. The van der Waals surface area contributed by atoms with Crippen molar-refractivity contribution in [3.63, 3.8) is 0 Å². The van der Waals surface area contributed by atoms with Crippen molar-refractivity contribution in [1.82, 2.24) is 0 Å². The van der Waals surface area contributed by atoms with Crippen molar-refractivity contribution in [1.29, 1.82) is 0 Å². The Hall–Kier alpha value is -0.300. The van der Waals surface area contributed by atoms with Gasteiger partial charge in [-0.3, -0.25) is 0 Å². The smallest absolute Gasteiger partial charge is 0.0311 e. The molecule has 0 rings (SSSR count). The molecule has 0 aliphatic rings. The average Bonchev–Trinajstić information content (AvgIpc) is 1.62. The van der Waals surface area contributed by atoms with Gasteiger partial charge in [0.25, 0.3) is 0 Å². The van der Waals surface area contributed by atoms with E-state index in [-0.39, 0.29) is 5.54 Å². The van der Waals surface area contributed by atoms with Crippen molar-refractivity contribution < 1.29 is 0 Å². The van der Waals surface area contributed by atoms with Crippen LogP contribution in [0.1, 0.15) is 27.7 Å². The van der Waals surface area contributed by atoms with E-state index < -0.39 is 0 Å². The monoisotopic (exact) mass is 127 g/mol. The maximum absolute atomic E-state index is 5.78. The number of hydrogen-bond donors (Lipinski definition) is 1. The van der Waals surface area contributed by atoms with Gasteiger partial charge in [0, 0.05) is 5.54 Å². The first-order chi connectivity index (χ1) is 3.85. The standard InChI is InChI=1S/C8H17N/c1-6(2)7(3)8(4,5)9/h6H,3,9H2,1-2,4-5H3. The van der Waals surface area contributed by atoms with Crippen LogP contribution in [0, 0.1) is 5.92 Å².